The largest absolute Gasteiger partial charge is 0.139 e. The van der Waals surface area contributed by atoms with Gasteiger partial charge in [-0.1, -0.05) is 127 Å². The molecule has 2 heteroatoms. The van der Waals surface area contributed by atoms with Crippen molar-refractivity contribution >= 4 is 29.2 Å². The maximum Gasteiger partial charge on any atom is 0.139 e. The Hall–Kier alpha value is -2.58. The van der Waals surface area contributed by atoms with Gasteiger partial charge in [-0.15, -0.1) is 0 Å². The molecular formula is C30H30BBr. The van der Waals surface area contributed by atoms with Crippen molar-refractivity contribution in [3.8, 4) is 22.3 Å². The molecule has 0 aromatic heterocycles. The molecule has 160 valence electrons. The van der Waals surface area contributed by atoms with Gasteiger partial charge in [-0.25, -0.2) is 0 Å². The van der Waals surface area contributed by atoms with E-state index in [4.69, 9.17) is 0 Å². The van der Waals surface area contributed by atoms with Gasteiger partial charge in [0.05, 0.1) is 0 Å². The summed E-state index contributed by atoms with van der Waals surface area (Å²) in [6.45, 7) is 7.02. The standard InChI is InChI=1S/C30H30BBr/c1-21(2)20-30(3,26-12-4-22(5-13-26)24-8-16-28(31)17-9-24)27-14-6-23(7-15-27)25-10-18-29(32)19-11-25/h4-19,21H,20,31H2,1-3H3. The second-order valence-corrected chi connectivity index (χ2v) is 10.4. The van der Waals surface area contributed by atoms with Gasteiger partial charge in [0.2, 0.25) is 0 Å². The molecular weight excluding hydrogens is 451 g/mol. The molecule has 0 amide bonds. The molecule has 0 nitrogen and oxygen atoms in total. The van der Waals surface area contributed by atoms with Crippen LogP contribution in [0.2, 0.25) is 0 Å². The molecule has 0 aliphatic carbocycles. The molecule has 0 spiro atoms. The van der Waals surface area contributed by atoms with Crippen LogP contribution in [0.25, 0.3) is 22.3 Å². The second kappa shape index (κ2) is 9.51. The predicted molar refractivity (Wildman–Crippen MR) is 146 cm³/mol. The van der Waals surface area contributed by atoms with Gasteiger partial charge in [0.25, 0.3) is 0 Å². The second-order valence-electron chi connectivity index (χ2n) is 9.46. The topological polar surface area (TPSA) is 0 Å². The Morgan fingerprint density at radius 3 is 1.34 bits per heavy atom. The van der Waals surface area contributed by atoms with Crippen LogP contribution in [0.1, 0.15) is 38.3 Å². The summed E-state index contributed by atoms with van der Waals surface area (Å²) in [5.41, 5.74) is 9.04. The highest BCUT2D eigenvalue weighted by atomic mass is 79.9. The van der Waals surface area contributed by atoms with Crippen LogP contribution in [0.5, 0.6) is 0 Å². The molecule has 4 aromatic carbocycles. The maximum absolute atomic E-state index is 3.53. The zero-order valence-electron chi connectivity index (χ0n) is 19.4. The smallest absolute Gasteiger partial charge is 0.0889 e. The monoisotopic (exact) mass is 480 g/mol. The van der Waals surface area contributed by atoms with E-state index in [2.05, 4.69) is 142 Å². The van der Waals surface area contributed by atoms with Crippen LogP contribution in [0.3, 0.4) is 0 Å². The van der Waals surface area contributed by atoms with E-state index in [-0.39, 0.29) is 5.41 Å². The lowest BCUT2D eigenvalue weighted by Gasteiger charge is -2.33. The predicted octanol–water partition coefficient (Wildman–Crippen LogP) is 7.39. The van der Waals surface area contributed by atoms with Crippen LogP contribution >= 0.6 is 15.9 Å². The summed E-state index contributed by atoms with van der Waals surface area (Å²) in [5.74, 6) is 0.600. The van der Waals surface area contributed by atoms with Gasteiger partial charge in [0.1, 0.15) is 7.85 Å². The average molecular weight is 481 g/mol. The third-order valence-corrected chi connectivity index (χ3v) is 6.95. The van der Waals surface area contributed by atoms with Crippen LogP contribution < -0.4 is 5.46 Å². The molecule has 0 heterocycles. The number of hydrogen-bond donors (Lipinski definition) is 0. The van der Waals surface area contributed by atoms with Crippen molar-refractivity contribution in [1.82, 2.24) is 0 Å². The first-order chi connectivity index (χ1) is 15.3. The summed E-state index contributed by atoms with van der Waals surface area (Å²) in [7, 11) is 2.13. The van der Waals surface area contributed by atoms with Crippen molar-refractivity contribution in [3.05, 3.63) is 113 Å². The first-order valence-electron chi connectivity index (χ1n) is 11.4. The normalized spacial score (nSPS) is 13.2. The molecule has 0 bridgehead atoms. The van der Waals surface area contributed by atoms with Crippen LogP contribution in [0, 0.1) is 5.92 Å². The molecule has 0 radical (unpaired) electrons. The highest BCUT2D eigenvalue weighted by Gasteiger charge is 2.30. The molecule has 4 rings (SSSR count). The van der Waals surface area contributed by atoms with Crippen LogP contribution in [0.15, 0.2) is 102 Å². The molecule has 32 heavy (non-hydrogen) atoms. The van der Waals surface area contributed by atoms with Crippen molar-refractivity contribution < 1.29 is 0 Å². The van der Waals surface area contributed by atoms with Crippen LogP contribution in [-0.2, 0) is 5.41 Å². The summed E-state index contributed by atoms with van der Waals surface area (Å²) in [6, 6.07) is 35.6. The maximum atomic E-state index is 3.53. The van der Waals surface area contributed by atoms with Crippen molar-refractivity contribution in [1.29, 1.82) is 0 Å². The number of benzene rings is 4. The molecule has 0 saturated carbocycles. The first kappa shape index (κ1) is 22.6. The van der Waals surface area contributed by atoms with Crippen molar-refractivity contribution in [2.24, 2.45) is 5.92 Å². The molecule has 0 N–H and O–H groups in total. The molecule has 1 atom stereocenters. The Balaban J connectivity index is 1.67. The number of rotatable bonds is 6. The number of halogens is 1. The highest BCUT2D eigenvalue weighted by Crippen LogP contribution is 2.39. The van der Waals surface area contributed by atoms with Gasteiger partial charge in [0.15, 0.2) is 0 Å². The van der Waals surface area contributed by atoms with E-state index in [0.717, 1.165) is 10.9 Å². The third kappa shape index (κ3) is 4.91. The van der Waals surface area contributed by atoms with Gasteiger partial charge < -0.3 is 0 Å². The zero-order chi connectivity index (χ0) is 22.7. The minimum absolute atomic E-state index is 0.0295. The minimum Gasteiger partial charge on any atom is -0.0889 e. The Labute approximate surface area is 202 Å². The van der Waals surface area contributed by atoms with E-state index in [9.17, 15) is 0 Å². The van der Waals surface area contributed by atoms with Gasteiger partial charge >= 0.3 is 0 Å². The highest BCUT2D eigenvalue weighted by molar-refractivity contribution is 9.10. The van der Waals surface area contributed by atoms with Crippen molar-refractivity contribution in [2.45, 2.75) is 32.6 Å². The van der Waals surface area contributed by atoms with E-state index < -0.39 is 0 Å². The fourth-order valence-electron chi connectivity index (χ4n) is 4.67. The third-order valence-electron chi connectivity index (χ3n) is 6.42. The summed E-state index contributed by atoms with van der Waals surface area (Å²) >= 11 is 3.53. The molecule has 0 saturated heterocycles. The van der Waals surface area contributed by atoms with Gasteiger partial charge in [-0.2, -0.15) is 0 Å². The minimum atomic E-state index is -0.0295. The quantitative estimate of drug-likeness (QED) is 0.252. The lowest BCUT2D eigenvalue weighted by atomic mass is 9.70. The van der Waals surface area contributed by atoms with Crippen LogP contribution in [0.4, 0.5) is 0 Å². The van der Waals surface area contributed by atoms with Gasteiger partial charge in [0, 0.05) is 9.89 Å². The Kier molecular flexibility index (Phi) is 6.72. The Bertz CT molecular complexity index is 1070. The van der Waals surface area contributed by atoms with E-state index in [1.165, 1.54) is 38.8 Å². The fourth-order valence-corrected chi connectivity index (χ4v) is 4.93. The van der Waals surface area contributed by atoms with E-state index in [1.54, 1.807) is 0 Å². The Morgan fingerprint density at radius 2 is 0.969 bits per heavy atom. The molecule has 4 aromatic rings. The molecule has 0 aliphatic heterocycles. The zero-order valence-corrected chi connectivity index (χ0v) is 21.0. The number of hydrogen-bond acceptors (Lipinski definition) is 0. The summed E-state index contributed by atoms with van der Waals surface area (Å²) in [5, 5.41) is 0. The van der Waals surface area contributed by atoms with E-state index in [1.807, 2.05) is 0 Å². The fraction of sp³-hybridized carbons (Fsp3) is 0.200. The average Bonchev–Trinajstić information content (AvgIpc) is 2.80. The first-order valence-corrected chi connectivity index (χ1v) is 12.2. The van der Waals surface area contributed by atoms with Crippen LogP contribution in [-0.4, -0.2) is 7.85 Å². The van der Waals surface area contributed by atoms with Crippen molar-refractivity contribution in [2.75, 3.05) is 0 Å². The lowest BCUT2D eigenvalue weighted by molar-refractivity contribution is 0.427. The Morgan fingerprint density at radius 1 is 0.625 bits per heavy atom. The SMILES string of the molecule is Bc1ccc(-c2ccc(C(C)(CC(C)C)c3ccc(-c4ccc(Br)cc4)cc3)cc2)cc1. The lowest BCUT2D eigenvalue weighted by Crippen LogP contribution is -2.25. The summed E-state index contributed by atoms with van der Waals surface area (Å²) in [6.07, 6.45) is 1.11. The molecule has 0 fully saturated rings. The van der Waals surface area contributed by atoms with Gasteiger partial charge in [-0.05, 0) is 57.9 Å². The molecule has 0 aliphatic rings. The van der Waals surface area contributed by atoms with E-state index >= 15 is 0 Å². The van der Waals surface area contributed by atoms with Crippen molar-refractivity contribution in [3.63, 3.8) is 0 Å². The summed E-state index contributed by atoms with van der Waals surface area (Å²) < 4.78 is 1.11. The van der Waals surface area contributed by atoms with Gasteiger partial charge in [-0.3, -0.25) is 0 Å². The van der Waals surface area contributed by atoms with E-state index in [0.29, 0.717) is 5.92 Å². The molecule has 1 unspecified atom stereocenters. The summed E-state index contributed by atoms with van der Waals surface area (Å²) in [4.78, 5) is 0.